The maximum Gasteiger partial charge on any atom is 0.279 e. The fourth-order valence-corrected chi connectivity index (χ4v) is 2.30. The number of amides is 1. The Morgan fingerprint density at radius 3 is 1.96 bits per heavy atom. The molecule has 0 saturated carbocycles. The van der Waals surface area contributed by atoms with E-state index in [0.717, 1.165) is 24.3 Å². The largest absolute Gasteiger partial charge is 0.495 e. The average molecular weight is 376 g/mol. The normalized spacial score (nSPS) is 10.1. The van der Waals surface area contributed by atoms with Crippen LogP contribution in [0.4, 0.5) is 22.7 Å². The minimum absolute atomic E-state index is 0.0671. The van der Waals surface area contributed by atoms with Gasteiger partial charge in [-0.3, -0.25) is 35.1 Å². The first-order chi connectivity index (χ1) is 12.6. The van der Waals surface area contributed by atoms with Crippen LogP contribution in [-0.4, -0.2) is 27.8 Å². The van der Waals surface area contributed by atoms with Crippen LogP contribution in [0.5, 0.6) is 5.75 Å². The van der Waals surface area contributed by atoms with Gasteiger partial charge in [-0.05, 0) is 13.0 Å². The van der Waals surface area contributed by atoms with Crippen molar-refractivity contribution in [1.29, 1.82) is 0 Å². The predicted molar refractivity (Wildman–Crippen MR) is 92.1 cm³/mol. The molecule has 0 aliphatic heterocycles. The second-order valence-corrected chi connectivity index (χ2v) is 5.25. The van der Waals surface area contributed by atoms with Crippen LogP contribution >= 0.6 is 0 Å². The van der Waals surface area contributed by atoms with Crippen LogP contribution in [0.1, 0.15) is 15.9 Å². The number of nitro benzene ring substituents is 3. The number of carbonyl (C=O) groups is 1. The van der Waals surface area contributed by atoms with Gasteiger partial charge < -0.3 is 10.1 Å². The SMILES string of the molecule is COc1ccc([N+](=O)[O-])cc1NC(=O)c1cc([N+](=O)[O-])c(C)c([N+](=O)[O-])c1. The molecular formula is C15H12N4O8. The van der Waals surface area contributed by atoms with E-state index in [1.807, 2.05) is 0 Å². The molecule has 2 aromatic rings. The number of hydrogen-bond acceptors (Lipinski definition) is 8. The summed E-state index contributed by atoms with van der Waals surface area (Å²) < 4.78 is 5.01. The van der Waals surface area contributed by atoms with E-state index in [9.17, 15) is 35.1 Å². The van der Waals surface area contributed by atoms with Gasteiger partial charge in [-0.2, -0.15) is 0 Å². The zero-order valence-electron chi connectivity index (χ0n) is 14.0. The van der Waals surface area contributed by atoms with E-state index in [-0.39, 0.29) is 28.3 Å². The van der Waals surface area contributed by atoms with Gasteiger partial charge in [0.25, 0.3) is 23.0 Å². The van der Waals surface area contributed by atoms with Crippen LogP contribution in [0.15, 0.2) is 30.3 Å². The molecule has 12 heteroatoms. The highest BCUT2D eigenvalue weighted by atomic mass is 16.6. The van der Waals surface area contributed by atoms with Crippen molar-refractivity contribution in [1.82, 2.24) is 0 Å². The molecule has 0 fully saturated rings. The first-order valence-corrected chi connectivity index (χ1v) is 7.23. The summed E-state index contributed by atoms with van der Waals surface area (Å²) in [5.41, 5.74) is -2.14. The summed E-state index contributed by atoms with van der Waals surface area (Å²) in [6.45, 7) is 1.20. The monoisotopic (exact) mass is 376 g/mol. The van der Waals surface area contributed by atoms with Crippen molar-refractivity contribution in [2.45, 2.75) is 6.92 Å². The Morgan fingerprint density at radius 2 is 1.52 bits per heavy atom. The third-order valence-corrected chi connectivity index (χ3v) is 3.65. The Hall–Kier alpha value is -4.09. The molecule has 0 spiro atoms. The number of rotatable bonds is 6. The third kappa shape index (κ3) is 3.95. The van der Waals surface area contributed by atoms with Crippen LogP contribution in [0.2, 0.25) is 0 Å². The summed E-state index contributed by atoms with van der Waals surface area (Å²) in [5.74, 6) is -0.829. The molecule has 0 saturated heterocycles. The maximum absolute atomic E-state index is 12.4. The van der Waals surface area contributed by atoms with Crippen LogP contribution in [0, 0.1) is 37.3 Å². The van der Waals surface area contributed by atoms with Gasteiger partial charge in [-0.25, -0.2) is 0 Å². The fraction of sp³-hybridized carbons (Fsp3) is 0.133. The van der Waals surface area contributed by atoms with E-state index in [0.29, 0.717) is 0 Å². The zero-order chi connectivity index (χ0) is 20.3. The van der Waals surface area contributed by atoms with Gasteiger partial charge in [-0.15, -0.1) is 0 Å². The van der Waals surface area contributed by atoms with Crippen molar-refractivity contribution >= 4 is 28.7 Å². The first-order valence-electron chi connectivity index (χ1n) is 7.23. The third-order valence-electron chi connectivity index (χ3n) is 3.65. The minimum Gasteiger partial charge on any atom is -0.495 e. The van der Waals surface area contributed by atoms with E-state index < -0.39 is 32.1 Å². The van der Waals surface area contributed by atoms with E-state index in [2.05, 4.69) is 5.32 Å². The number of non-ortho nitro benzene ring substituents is 1. The molecule has 0 aliphatic carbocycles. The van der Waals surface area contributed by atoms with Gasteiger partial charge >= 0.3 is 0 Å². The molecule has 2 aromatic carbocycles. The van der Waals surface area contributed by atoms with E-state index >= 15 is 0 Å². The number of carbonyl (C=O) groups excluding carboxylic acids is 1. The molecule has 0 radical (unpaired) electrons. The minimum atomic E-state index is -0.931. The molecular weight excluding hydrogens is 364 g/mol. The fourth-order valence-electron chi connectivity index (χ4n) is 2.30. The predicted octanol–water partition coefficient (Wildman–Crippen LogP) is 2.98. The number of nitrogens with one attached hydrogen (secondary N) is 1. The van der Waals surface area contributed by atoms with E-state index in [1.165, 1.54) is 20.1 Å². The Morgan fingerprint density at radius 1 is 0.963 bits per heavy atom. The Balaban J connectivity index is 2.50. The van der Waals surface area contributed by atoms with Crippen molar-refractivity contribution in [3.8, 4) is 5.75 Å². The summed E-state index contributed by atoms with van der Waals surface area (Å²) in [6, 6.07) is 5.24. The molecule has 0 heterocycles. The second kappa shape index (κ2) is 7.43. The number of nitrogens with zero attached hydrogens (tertiary/aromatic N) is 3. The van der Waals surface area contributed by atoms with Crippen molar-refractivity contribution < 1.29 is 24.3 Å². The summed E-state index contributed by atoms with van der Waals surface area (Å²) in [6.07, 6.45) is 0. The van der Waals surface area contributed by atoms with Gasteiger partial charge in [0.05, 0.1) is 33.1 Å². The van der Waals surface area contributed by atoms with Gasteiger partial charge in [0.2, 0.25) is 0 Å². The van der Waals surface area contributed by atoms with Crippen LogP contribution in [0.25, 0.3) is 0 Å². The van der Waals surface area contributed by atoms with Crippen LogP contribution < -0.4 is 10.1 Å². The lowest BCUT2D eigenvalue weighted by Crippen LogP contribution is -2.14. The van der Waals surface area contributed by atoms with Gasteiger partial charge in [0, 0.05) is 24.3 Å². The number of nitro groups is 3. The number of hydrogen-bond donors (Lipinski definition) is 1. The topological polar surface area (TPSA) is 168 Å². The first kappa shape index (κ1) is 19.2. The van der Waals surface area contributed by atoms with Crippen molar-refractivity contribution in [2.75, 3.05) is 12.4 Å². The molecule has 1 amide bonds. The van der Waals surface area contributed by atoms with Gasteiger partial charge in [0.15, 0.2) is 0 Å². The highest BCUT2D eigenvalue weighted by Crippen LogP contribution is 2.32. The number of ether oxygens (including phenoxy) is 1. The van der Waals surface area contributed by atoms with Crippen LogP contribution in [0.3, 0.4) is 0 Å². The van der Waals surface area contributed by atoms with Gasteiger partial charge in [0.1, 0.15) is 11.3 Å². The van der Waals surface area contributed by atoms with Crippen molar-refractivity contribution in [2.24, 2.45) is 0 Å². The summed E-state index contributed by atoms with van der Waals surface area (Å²) in [7, 11) is 1.28. The molecule has 0 atom stereocenters. The molecule has 2 rings (SSSR count). The molecule has 12 nitrogen and oxygen atoms in total. The van der Waals surface area contributed by atoms with Crippen molar-refractivity contribution in [3.63, 3.8) is 0 Å². The molecule has 0 aliphatic rings. The molecule has 1 N–H and O–H groups in total. The highest BCUT2D eigenvalue weighted by Gasteiger charge is 2.26. The average Bonchev–Trinajstić information content (AvgIpc) is 2.61. The number of methoxy groups -OCH3 is 1. The molecule has 0 unspecified atom stereocenters. The summed E-state index contributed by atoms with van der Waals surface area (Å²) >= 11 is 0. The lowest BCUT2D eigenvalue weighted by atomic mass is 10.1. The molecule has 0 bridgehead atoms. The Labute approximate surface area is 150 Å². The second-order valence-electron chi connectivity index (χ2n) is 5.25. The van der Waals surface area contributed by atoms with Crippen LogP contribution in [-0.2, 0) is 0 Å². The molecule has 27 heavy (non-hydrogen) atoms. The Kier molecular flexibility index (Phi) is 5.29. The van der Waals surface area contributed by atoms with E-state index in [1.54, 1.807) is 0 Å². The maximum atomic E-state index is 12.4. The van der Waals surface area contributed by atoms with E-state index in [4.69, 9.17) is 4.74 Å². The summed E-state index contributed by atoms with van der Waals surface area (Å²) in [5, 5.41) is 35.4. The summed E-state index contributed by atoms with van der Waals surface area (Å²) in [4.78, 5) is 43.2. The number of anilines is 1. The van der Waals surface area contributed by atoms with Crippen molar-refractivity contribution in [3.05, 3.63) is 71.8 Å². The lowest BCUT2D eigenvalue weighted by Gasteiger charge is -2.10. The lowest BCUT2D eigenvalue weighted by molar-refractivity contribution is -0.395. The standard InChI is InChI=1S/C15H12N4O8/c1-8-12(18(23)24)5-9(6-13(8)19(25)26)15(20)16-11-7-10(17(21)22)3-4-14(11)27-2/h3-7H,1-2H3,(H,16,20). The number of benzene rings is 2. The quantitative estimate of drug-likeness (QED) is 0.592. The highest BCUT2D eigenvalue weighted by molar-refractivity contribution is 6.06. The zero-order valence-corrected chi connectivity index (χ0v) is 14.0. The smallest absolute Gasteiger partial charge is 0.279 e. The van der Waals surface area contributed by atoms with Gasteiger partial charge in [-0.1, -0.05) is 0 Å². The Bertz CT molecular complexity index is 937. The molecule has 0 aromatic heterocycles. The molecule has 140 valence electrons.